The highest BCUT2D eigenvalue weighted by atomic mass is 35.5. The number of pyridine rings is 2. The molecule has 6 heterocycles. The smallest absolute Gasteiger partial charge is 0.349 e. The van der Waals surface area contributed by atoms with Crippen LogP contribution in [0.5, 0.6) is 6.01 Å². The molecule has 1 aromatic carbocycles. The SMILES string of the molecule is CC(C)(C)[Si]1(C(C)(C)C)OC[C@H]2OC[C@@H](Oc3nc4nc(-c5ccc(-c6ccc(-n7cccn7)nc6)cc5)c(Cl)cc4n3COCC[Si](C)(C)C)[C@@H]2O1. The fourth-order valence-corrected chi connectivity index (χ4v) is 13.4. The van der Waals surface area contributed by atoms with Crippen LogP contribution in [0, 0.1) is 0 Å². The van der Waals surface area contributed by atoms with E-state index in [0.717, 1.165) is 34.1 Å². The zero-order valence-corrected chi connectivity index (χ0v) is 35.0. The molecule has 0 saturated carbocycles. The number of hydrogen-bond donors (Lipinski definition) is 0. The second-order valence-electron chi connectivity index (χ2n) is 17.3. The van der Waals surface area contributed by atoms with Gasteiger partial charge in [0.1, 0.15) is 18.9 Å². The predicted octanol–water partition coefficient (Wildman–Crippen LogP) is 8.92. The van der Waals surface area contributed by atoms with Crippen LogP contribution in [0.25, 0.3) is 39.4 Å². The maximum atomic E-state index is 7.08. The van der Waals surface area contributed by atoms with Crippen LogP contribution in [0.3, 0.4) is 0 Å². The second-order valence-corrected chi connectivity index (χ2v) is 28.1. The Balaban J connectivity index is 1.18. The number of halogens is 1. The summed E-state index contributed by atoms with van der Waals surface area (Å²) in [5.41, 5.74) is 4.78. The maximum Gasteiger partial charge on any atom is 0.349 e. The zero-order chi connectivity index (χ0) is 37.8. The first-order valence-corrected chi connectivity index (χ1v) is 24.2. The molecular formula is C39H51ClN6O5Si2. The van der Waals surface area contributed by atoms with Gasteiger partial charge in [0.25, 0.3) is 0 Å². The largest absolute Gasteiger partial charge is 0.456 e. The van der Waals surface area contributed by atoms with Crippen LogP contribution >= 0.6 is 11.6 Å². The molecule has 4 aromatic heterocycles. The predicted molar refractivity (Wildman–Crippen MR) is 213 cm³/mol. The van der Waals surface area contributed by atoms with Crippen molar-refractivity contribution in [2.75, 3.05) is 19.8 Å². The van der Waals surface area contributed by atoms with Crippen molar-refractivity contribution in [3.63, 3.8) is 0 Å². The average molecular weight is 775 g/mol. The molecule has 0 radical (unpaired) electrons. The number of benzene rings is 1. The monoisotopic (exact) mass is 774 g/mol. The van der Waals surface area contributed by atoms with Gasteiger partial charge in [0.15, 0.2) is 17.6 Å². The Morgan fingerprint density at radius 2 is 1.66 bits per heavy atom. The van der Waals surface area contributed by atoms with E-state index in [0.29, 0.717) is 42.2 Å². The van der Waals surface area contributed by atoms with Crippen molar-refractivity contribution >= 4 is 39.4 Å². The second kappa shape index (κ2) is 14.3. The highest BCUT2D eigenvalue weighted by molar-refractivity contribution is 6.76. The Bertz CT molecular complexity index is 2020. The molecular weight excluding hydrogens is 724 g/mol. The van der Waals surface area contributed by atoms with Crippen molar-refractivity contribution in [1.82, 2.24) is 29.3 Å². The molecule has 282 valence electrons. The number of fused-ring (bicyclic) bond motifs is 2. The van der Waals surface area contributed by atoms with Crippen LogP contribution in [0.4, 0.5) is 0 Å². The Morgan fingerprint density at radius 3 is 2.30 bits per heavy atom. The van der Waals surface area contributed by atoms with E-state index in [1.165, 1.54) is 0 Å². The van der Waals surface area contributed by atoms with Gasteiger partial charge >= 0.3 is 14.6 Å². The van der Waals surface area contributed by atoms with Crippen LogP contribution in [0.15, 0.2) is 67.1 Å². The first-order chi connectivity index (χ1) is 25.0. The molecule has 2 aliphatic rings. The van der Waals surface area contributed by atoms with E-state index < -0.39 is 16.6 Å². The van der Waals surface area contributed by atoms with Gasteiger partial charge in [-0.15, -0.1) is 0 Å². The Kier molecular flexibility index (Phi) is 10.2. The quantitative estimate of drug-likeness (QED) is 0.102. The third-order valence-electron chi connectivity index (χ3n) is 10.0. The zero-order valence-electron chi connectivity index (χ0n) is 32.2. The van der Waals surface area contributed by atoms with Crippen LogP contribution in [-0.2, 0) is 25.1 Å². The third-order valence-corrected chi connectivity index (χ3v) is 17.2. The average Bonchev–Trinajstić information content (AvgIpc) is 3.85. The fourth-order valence-electron chi connectivity index (χ4n) is 7.39. The minimum atomic E-state index is -2.76. The van der Waals surface area contributed by atoms with Crippen molar-refractivity contribution in [2.45, 2.75) is 102 Å². The lowest BCUT2D eigenvalue weighted by atomic mass is 10.0. The molecule has 0 spiro atoms. The Morgan fingerprint density at radius 1 is 0.943 bits per heavy atom. The van der Waals surface area contributed by atoms with Gasteiger partial charge in [-0.25, -0.2) is 14.6 Å². The van der Waals surface area contributed by atoms with E-state index in [4.69, 9.17) is 44.6 Å². The Labute approximate surface area is 319 Å². The first kappa shape index (κ1) is 37.9. The number of ether oxygens (including phenoxy) is 3. The van der Waals surface area contributed by atoms with E-state index in [2.05, 4.69) is 71.3 Å². The highest BCUT2D eigenvalue weighted by Crippen LogP contribution is 2.55. The van der Waals surface area contributed by atoms with E-state index >= 15 is 0 Å². The summed E-state index contributed by atoms with van der Waals surface area (Å²) in [5, 5.41) is 4.43. The van der Waals surface area contributed by atoms with Crippen LogP contribution in [0.2, 0.25) is 40.8 Å². The lowest BCUT2D eigenvalue weighted by Crippen LogP contribution is -2.65. The van der Waals surface area contributed by atoms with Gasteiger partial charge in [-0.2, -0.15) is 10.1 Å². The summed E-state index contributed by atoms with van der Waals surface area (Å²) in [4.78, 5) is 14.5. The molecule has 0 amide bonds. The Hall–Kier alpha value is -3.44. The molecule has 11 nitrogen and oxygen atoms in total. The van der Waals surface area contributed by atoms with Crippen molar-refractivity contribution in [1.29, 1.82) is 0 Å². The van der Waals surface area contributed by atoms with E-state index in [9.17, 15) is 0 Å². The molecule has 0 unspecified atom stereocenters. The first-order valence-electron chi connectivity index (χ1n) is 18.3. The molecule has 2 fully saturated rings. The minimum Gasteiger partial charge on any atom is -0.456 e. The fraction of sp³-hybridized carbons (Fsp3) is 0.487. The number of hydrogen-bond acceptors (Lipinski definition) is 9. The lowest BCUT2D eigenvalue weighted by Gasteiger charge is -2.53. The van der Waals surface area contributed by atoms with Gasteiger partial charge in [-0.1, -0.05) is 97.0 Å². The van der Waals surface area contributed by atoms with Gasteiger partial charge in [0.05, 0.1) is 29.4 Å². The maximum absolute atomic E-state index is 7.08. The number of imidazole rings is 1. The molecule has 5 aromatic rings. The molecule has 3 atom stereocenters. The summed E-state index contributed by atoms with van der Waals surface area (Å²) in [6.07, 6.45) is 4.55. The number of aromatic nitrogens is 6. The van der Waals surface area contributed by atoms with Crippen molar-refractivity contribution in [3.8, 4) is 34.2 Å². The molecule has 2 aliphatic heterocycles. The van der Waals surface area contributed by atoms with E-state index in [-0.39, 0.29) is 35.1 Å². The highest BCUT2D eigenvalue weighted by Gasteiger charge is 2.64. The van der Waals surface area contributed by atoms with Crippen LogP contribution in [-0.4, -0.2) is 84.1 Å². The molecule has 0 aliphatic carbocycles. The summed E-state index contributed by atoms with van der Waals surface area (Å²) >= 11 is 6.99. The number of nitrogens with zero attached hydrogens (tertiary/aromatic N) is 6. The van der Waals surface area contributed by atoms with Gasteiger partial charge in [-0.05, 0) is 35.9 Å². The molecule has 2 saturated heterocycles. The third kappa shape index (κ3) is 7.62. The summed E-state index contributed by atoms with van der Waals surface area (Å²) in [6, 6.07) is 17.3. The van der Waals surface area contributed by atoms with Crippen molar-refractivity contribution < 1.29 is 23.1 Å². The van der Waals surface area contributed by atoms with Crippen LogP contribution < -0.4 is 4.74 Å². The summed E-state index contributed by atoms with van der Waals surface area (Å²) in [7, 11) is -4.05. The van der Waals surface area contributed by atoms with Gasteiger partial charge < -0.3 is 23.1 Å². The normalized spacial score (nSPS) is 20.5. The summed E-state index contributed by atoms with van der Waals surface area (Å²) in [6.45, 7) is 22.1. The topological polar surface area (TPSA) is 108 Å². The van der Waals surface area contributed by atoms with Crippen LogP contribution in [0.1, 0.15) is 41.5 Å². The molecule has 0 bridgehead atoms. The van der Waals surface area contributed by atoms with Crippen molar-refractivity contribution in [2.24, 2.45) is 0 Å². The molecule has 53 heavy (non-hydrogen) atoms. The van der Waals surface area contributed by atoms with Gasteiger partial charge in [0, 0.05) is 54.5 Å². The molecule has 14 heteroatoms. The van der Waals surface area contributed by atoms with Crippen molar-refractivity contribution in [3.05, 3.63) is 72.1 Å². The minimum absolute atomic E-state index is 0.168. The summed E-state index contributed by atoms with van der Waals surface area (Å²) < 4.78 is 36.6. The number of rotatable bonds is 10. The summed E-state index contributed by atoms with van der Waals surface area (Å²) in [5.74, 6) is 0.759. The molecule has 7 rings (SSSR count). The van der Waals surface area contributed by atoms with Gasteiger partial charge in [-0.3, -0.25) is 4.57 Å². The van der Waals surface area contributed by atoms with E-state index in [1.54, 1.807) is 10.9 Å². The van der Waals surface area contributed by atoms with E-state index in [1.807, 2.05) is 65.5 Å². The molecule has 0 N–H and O–H groups in total. The lowest BCUT2D eigenvalue weighted by molar-refractivity contribution is -0.0660. The van der Waals surface area contributed by atoms with Gasteiger partial charge in [0.2, 0.25) is 0 Å². The standard InChI is InChI=1S/C39H51ClN6O5Si2/c1-38(2,3)53(39(4,5)6)49-24-31-35(51-53)32(23-48-31)50-37-44-36-30(45(37)25-47-19-20-52(7,8)9)21-29(40)34(43-36)27-13-11-26(12-14-27)28-15-16-33(41-22-28)46-18-10-17-42-46/h10-18,21-22,31-32,35H,19-20,23-25H2,1-9H3/t31-,32-,35-/m1/s1.